The largest absolute Gasteiger partial charge is 0.481 e. The Morgan fingerprint density at radius 2 is 2.21 bits per heavy atom. The number of likely N-dealkylation sites (tertiary alicyclic amines) is 1. The highest BCUT2D eigenvalue weighted by Crippen LogP contribution is 2.43. The summed E-state index contributed by atoms with van der Waals surface area (Å²) in [5, 5.41) is 9.44. The van der Waals surface area contributed by atoms with Crippen LogP contribution in [0.25, 0.3) is 0 Å². The number of carboxylic acids is 1. The Balaban J connectivity index is 1.74. The highest BCUT2D eigenvalue weighted by Gasteiger charge is 2.52. The molecule has 1 aromatic carbocycles. The monoisotopic (exact) mass is 261 g/mol. The molecule has 3 rings (SSSR count). The molecule has 0 saturated carbocycles. The number of ether oxygens (including phenoxy) is 1. The van der Waals surface area contributed by atoms with Gasteiger partial charge in [-0.05, 0) is 12.0 Å². The van der Waals surface area contributed by atoms with Gasteiger partial charge in [0.05, 0.1) is 12.5 Å². The van der Waals surface area contributed by atoms with Crippen LogP contribution in [0, 0.1) is 11.3 Å². The van der Waals surface area contributed by atoms with Crippen LogP contribution in [-0.4, -0.2) is 42.3 Å². The zero-order valence-electron chi connectivity index (χ0n) is 10.9. The second-order valence-corrected chi connectivity index (χ2v) is 5.71. The lowest BCUT2D eigenvalue weighted by molar-refractivity contribution is -0.144. The van der Waals surface area contributed by atoms with Crippen LogP contribution in [0.3, 0.4) is 0 Å². The van der Waals surface area contributed by atoms with E-state index in [0.717, 1.165) is 19.5 Å². The maximum atomic E-state index is 11.5. The van der Waals surface area contributed by atoms with E-state index in [1.807, 2.05) is 18.2 Å². The lowest BCUT2D eigenvalue weighted by Gasteiger charge is -2.25. The van der Waals surface area contributed by atoms with Crippen molar-refractivity contribution in [1.29, 1.82) is 0 Å². The molecule has 0 aliphatic carbocycles. The maximum Gasteiger partial charge on any atom is 0.308 e. The molecule has 102 valence electrons. The van der Waals surface area contributed by atoms with Gasteiger partial charge in [0.15, 0.2) is 0 Å². The normalized spacial score (nSPS) is 31.1. The van der Waals surface area contributed by atoms with Gasteiger partial charge in [-0.15, -0.1) is 0 Å². The standard InChI is InChI=1S/C15H19NO3/c17-14(18)13-9-16(8-12-4-2-1-3-5-12)10-15(13)6-7-19-11-15/h1-5,13H,6-11H2,(H,17,18)/t13-,15-/m0/s1. The van der Waals surface area contributed by atoms with Crippen molar-refractivity contribution in [2.75, 3.05) is 26.3 Å². The number of aliphatic carboxylic acids is 1. The molecule has 0 bridgehead atoms. The maximum absolute atomic E-state index is 11.5. The molecule has 4 heteroatoms. The average Bonchev–Trinajstić information content (AvgIpc) is 2.99. The van der Waals surface area contributed by atoms with Crippen LogP contribution in [0.1, 0.15) is 12.0 Å². The van der Waals surface area contributed by atoms with Gasteiger partial charge in [0.1, 0.15) is 0 Å². The minimum Gasteiger partial charge on any atom is -0.481 e. The molecule has 2 atom stereocenters. The molecule has 0 unspecified atom stereocenters. The van der Waals surface area contributed by atoms with Crippen molar-refractivity contribution >= 4 is 5.97 Å². The van der Waals surface area contributed by atoms with Crippen molar-refractivity contribution in [3.63, 3.8) is 0 Å². The van der Waals surface area contributed by atoms with Crippen molar-refractivity contribution < 1.29 is 14.6 Å². The van der Waals surface area contributed by atoms with Crippen LogP contribution >= 0.6 is 0 Å². The summed E-state index contributed by atoms with van der Waals surface area (Å²) in [4.78, 5) is 13.7. The third-order valence-corrected chi connectivity index (χ3v) is 4.40. The van der Waals surface area contributed by atoms with Gasteiger partial charge in [0.2, 0.25) is 0 Å². The molecule has 2 aliphatic heterocycles. The van der Waals surface area contributed by atoms with Crippen molar-refractivity contribution in [2.45, 2.75) is 13.0 Å². The fourth-order valence-corrected chi connectivity index (χ4v) is 3.40. The predicted octanol–water partition coefficient (Wildman–Crippen LogP) is 1.61. The first kappa shape index (κ1) is 12.6. The number of carbonyl (C=O) groups is 1. The van der Waals surface area contributed by atoms with Crippen LogP contribution in [0.15, 0.2) is 30.3 Å². The quantitative estimate of drug-likeness (QED) is 0.898. The van der Waals surface area contributed by atoms with E-state index in [1.165, 1.54) is 5.56 Å². The van der Waals surface area contributed by atoms with E-state index >= 15 is 0 Å². The molecule has 2 saturated heterocycles. The fraction of sp³-hybridized carbons (Fsp3) is 0.533. The Kier molecular flexibility index (Phi) is 3.29. The minimum absolute atomic E-state index is 0.166. The van der Waals surface area contributed by atoms with Crippen LogP contribution in [0.2, 0.25) is 0 Å². The molecular formula is C15H19NO3. The molecular weight excluding hydrogens is 242 g/mol. The summed E-state index contributed by atoms with van der Waals surface area (Å²) >= 11 is 0. The summed E-state index contributed by atoms with van der Waals surface area (Å²) in [7, 11) is 0. The zero-order chi connectivity index (χ0) is 13.3. The van der Waals surface area contributed by atoms with E-state index in [2.05, 4.69) is 17.0 Å². The fourth-order valence-electron chi connectivity index (χ4n) is 3.40. The molecule has 1 spiro atoms. The summed E-state index contributed by atoms with van der Waals surface area (Å²) in [6, 6.07) is 10.2. The Hall–Kier alpha value is -1.39. The average molecular weight is 261 g/mol. The van der Waals surface area contributed by atoms with Crippen LogP contribution < -0.4 is 0 Å². The second kappa shape index (κ2) is 4.94. The third kappa shape index (κ3) is 2.38. The van der Waals surface area contributed by atoms with Gasteiger partial charge in [0.25, 0.3) is 0 Å². The van der Waals surface area contributed by atoms with Gasteiger partial charge in [-0.25, -0.2) is 0 Å². The minimum atomic E-state index is -0.680. The lowest BCUT2D eigenvalue weighted by Crippen LogP contribution is -2.35. The van der Waals surface area contributed by atoms with Gasteiger partial charge in [0, 0.05) is 31.7 Å². The van der Waals surface area contributed by atoms with Crippen LogP contribution in [0.4, 0.5) is 0 Å². The van der Waals surface area contributed by atoms with Crippen molar-refractivity contribution in [3.8, 4) is 0 Å². The highest BCUT2D eigenvalue weighted by atomic mass is 16.5. The topological polar surface area (TPSA) is 49.8 Å². The Labute approximate surface area is 113 Å². The van der Waals surface area contributed by atoms with Gasteiger partial charge in [-0.2, -0.15) is 0 Å². The van der Waals surface area contributed by atoms with E-state index < -0.39 is 5.97 Å². The first-order chi connectivity index (χ1) is 9.20. The molecule has 2 heterocycles. The summed E-state index contributed by atoms with van der Waals surface area (Å²) in [6.45, 7) is 3.58. The van der Waals surface area contributed by atoms with E-state index in [9.17, 15) is 9.90 Å². The number of benzene rings is 1. The van der Waals surface area contributed by atoms with Gasteiger partial charge < -0.3 is 9.84 Å². The third-order valence-electron chi connectivity index (χ3n) is 4.40. The van der Waals surface area contributed by atoms with Crippen molar-refractivity contribution in [3.05, 3.63) is 35.9 Å². The summed E-state index contributed by atoms with van der Waals surface area (Å²) < 4.78 is 5.47. The Morgan fingerprint density at radius 1 is 1.42 bits per heavy atom. The van der Waals surface area contributed by atoms with Crippen molar-refractivity contribution in [1.82, 2.24) is 4.90 Å². The number of rotatable bonds is 3. The molecule has 2 fully saturated rings. The first-order valence-corrected chi connectivity index (χ1v) is 6.76. The van der Waals surface area contributed by atoms with E-state index in [-0.39, 0.29) is 11.3 Å². The zero-order valence-corrected chi connectivity index (χ0v) is 10.9. The van der Waals surface area contributed by atoms with Gasteiger partial charge in [-0.1, -0.05) is 30.3 Å². The van der Waals surface area contributed by atoms with Gasteiger partial charge >= 0.3 is 5.97 Å². The van der Waals surface area contributed by atoms with E-state index in [0.29, 0.717) is 19.8 Å². The number of hydrogen-bond donors (Lipinski definition) is 1. The molecule has 19 heavy (non-hydrogen) atoms. The molecule has 1 N–H and O–H groups in total. The molecule has 0 amide bonds. The van der Waals surface area contributed by atoms with Crippen LogP contribution in [-0.2, 0) is 16.1 Å². The number of carboxylic acid groups (broad SMARTS) is 1. The Bertz CT molecular complexity index is 454. The summed E-state index contributed by atoms with van der Waals surface area (Å²) in [5.74, 6) is -0.972. The second-order valence-electron chi connectivity index (χ2n) is 5.71. The Morgan fingerprint density at radius 3 is 2.84 bits per heavy atom. The van der Waals surface area contributed by atoms with Gasteiger partial charge in [-0.3, -0.25) is 9.69 Å². The van der Waals surface area contributed by atoms with Crippen LogP contribution in [0.5, 0.6) is 0 Å². The summed E-state index contributed by atoms with van der Waals surface area (Å²) in [5.41, 5.74) is 1.07. The predicted molar refractivity (Wildman–Crippen MR) is 70.7 cm³/mol. The smallest absolute Gasteiger partial charge is 0.308 e. The lowest BCUT2D eigenvalue weighted by atomic mass is 9.77. The SMILES string of the molecule is O=C(O)[C@@H]1CN(Cc2ccccc2)C[C@]12CCOC2. The first-order valence-electron chi connectivity index (χ1n) is 6.76. The van der Waals surface area contributed by atoms with Crippen molar-refractivity contribution in [2.24, 2.45) is 11.3 Å². The molecule has 4 nitrogen and oxygen atoms in total. The molecule has 0 radical (unpaired) electrons. The summed E-state index contributed by atoms with van der Waals surface area (Å²) in [6.07, 6.45) is 0.870. The van der Waals surface area contributed by atoms with E-state index in [4.69, 9.17) is 4.74 Å². The molecule has 2 aliphatic rings. The van der Waals surface area contributed by atoms with E-state index in [1.54, 1.807) is 0 Å². The number of nitrogens with zero attached hydrogens (tertiary/aromatic N) is 1. The molecule has 1 aromatic rings. The molecule has 0 aromatic heterocycles. The highest BCUT2D eigenvalue weighted by molar-refractivity contribution is 5.72. The number of hydrogen-bond acceptors (Lipinski definition) is 3.